The quantitative estimate of drug-likeness (QED) is 0.125. The van der Waals surface area contributed by atoms with E-state index in [-0.39, 0.29) is 17.7 Å². The lowest BCUT2D eigenvalue weighted by Crippen LogP contribution is -2.53. The van der Waals surface area contributed by atoms with Gasteiger partial charge in [-0.05, 0) is 36.6 Å². The van der Waals surface area contributed by atoms with Gasteiger partial charge in [0.1, 0.15) is 23.7 Å². The van der Waals surface area contributed by atoms with Crippen molar-refractivity contribution in [2.24, 2.45) is 5.41 Å². The number of amides is 1. The molecule has 1 aromatic carbocycles. The lowest BCUT2D eigenvalue weighted by Gasteiger charge is -2.46. The molecule has 2 aromatic heterocycles. The van der Waals surface area contributed by atoms with Crippen LogP contribution in [0.2, 0.25) is 10.0 Å². The molecule has 40 heavy (non-hydrogen) atoms. The Morgan fingerprint density at radius 2 is 1.98 bits per heavy atom. The van der Waals surface area contributed by atoms with E-state index >= 15 is 0 Å². The summed E-state index contributed by atoms with van der Waals surface area (Å²) in [6, 6.07) is 8.98. The molecule has 1 aliphatic rings. The van der Waals surface area contributed by atoms with Crippen molar-refractivity contribution < 1.29 is 14.6 Å². The average Bonchev–Trinajstić information content (AvgIpc) is 2.91. The first kappa shape index (κ1) is 30.6. The molecule has 1 fully saturated rings. The number of anilines is 2. The number of ether oxygens (including phenoxy) is 1. The Labute approximate surface area is 243 Å². The summed E-state index contributed by atoms with van der Waals surface area (Å²) in [5, 5.41) is 29.5. The van der Waals surface area contributed by atoms with Gasteiger partial charge in [-0.15, -0.1) is 0 Å². The zero-order valence-electron chi connectivity index (χ0n) is 22.4. The molecule has 0 unspecified atom stereocenters. The first-order valence-electron chi connectivity index (χ1n) is 12.4. The Balaban J connectivity index is 0.000000663. The maximum absolute atomic E-state index is 9.69. The number of benzene rings is 1. The monoisotopic (exact) mass is 583 g/mol. The fraction of sp³-hybridized carbons (Fsp3) is 0.321. The van der Waals surface area contributed by atoms with Gasteiger partial charge in [0, 0.05) is 60.6 Å². The Morgan fingerprint density at radius 3 is 2.52 bits per heavy atom. The molecule has 0 spiro atoms. The molecule has 3 aromatic rings. The average molecular weight is 585 g/mol. The van der Waals surface area contributed by atoms with Crippen LogP contribution in [-0.4, -0.2) is 53.4 Å². The Kier molecular flexibility index (Phi) is 10.3. The molecule has 1 atom stereocenters. The van der Waals surface area contributed by atoms with Gasteiger partial charge < -0.3 is 25.8 Å². The summed E-state index contributed by atoms with van der Waals surface area (Å²) in [5.74, 6) is 1.14. The van der Waals surface area contributed by atoms with Crippen molar-refractivity contribution in [3.05, 3.63) is 75.2 Å². The van der Waals surface area contributed by atoms with Crippen molar-refractivity contribution in [3.8, 4) is 11.8 Å². The molecule has 3 heterocycles. The van der Waals surface area contributed by atoms with E-state index in [4.69, 9.17) is 44.2 Å². The molecule has 4 rings (SSSR count). The second-order valence-corrected chi connectivity index (χ2v) is 10.7. The smallest absolute Gasteiger partial charge is 0.207 e. The normalized spacial score (nSPS) is 14.1. The van der Waals surface area contributed by atoms with E-state index in [1.54, 1.807) is 30.5 Å². The lowest BCUT2D eigenvalue weighted by molar-refractivity contribution is -0.109. The molecule has 10 nitrogen and oxygen atoms in total. The third-order valence-electron chi connectivity index (χ3n) is 6.06. The molecule has 210 valence electrons. The summed E-state index contributed by atoms with van der Waals surface area (Å²) in [6.07, 6.45) is 4.72. The predicted molar refractivity (Wildman–Crippen MR) is 156 cm³/mol. The summed E-state index contributed by atoms with van der Waals surface area (Å²) in [6.45, 7) is 8.21. The molecule has 0 saturated carbocycles. The number of carbonyl (C=O) groups is 1. The number of nitrogens with one attached hydrogen (secondary N) is 2. The molecule has 1 amide bonds. The third-order valence-corrected chi connectivity index (χ3v) is 6.66. The van der Waals surface area contributed by atoms with E-state index in [0.717, 1.165) is 13.1 Å². The van der Waals surface area contributed by atoms with Gasteiger partial charge in [-0.2, -0.15) is 5.26 Å². The number of aliphatic hydroxyl groups excluding tert-OH is 1. The minimum absolute atomic E-state index is 0.0126. The number of nitrogen functional groups attached to an aromatic ring is 1. The summed E-state index contributed by atoms with van der Waals surface area (Å²) in [4.78, 5) is 19.9. The predicted octanol–water partition coefficient (Wildman–Crippen LogP) is 4.36. The third kappa shape index (κ3) is 7.39. The number of rotatable bonds is 9. The number of nitriles is 1. The van der Waals surface area contributed by atoms with Crippen LogP contribution in [0.15, 0.2) is 42.9 Å². The molecule has 0 radical (unpaired) electrons. The Morgan fingerprint density at radius 1 is 1.30 bits per heavy atom. The number of hydrogen-bond donors (Lipinski definition) is 4. The van der Waals surface area contributed by atoms with Gasteiger partial charge in [0.15, 0.2) is 0 Å². The van der Waals surface area contributed by atoms with E-state index in [0.29, 0.717) is 62.5 Å². The van der Waals surface area contributed by atoms with Crippen molar-refractivity contribution in [3.63, 3.8) is 0 Å². The number of aliphatic hydroxyl groups is 1. The second-order valence-electron chi connectivity index (χ2n) is 9.92. The van der Waals surface area contributed by atoms with Gasteiger partial charge in [0.25, 0.3) is 0 Å². The van der Waals surface area contributed by atoms with E-state index in [2.05, 4.69) is 40.1 Å². The van der Waals surface area contributed by atoms with Crippen LogP contribution in [0.1, 0.15) is 49.1 Å². The van der Waals surface area contributed by atoms with Crippen molar-refractivity contribution in [1.82, 2.24) is 15.3 Å². The first-order valence-corrected chi connectivity index (χ1v) is 13.1. The summed E-state index contributed by atoms with van der Waals surface area (Å²) >= 11 is 12.5. The minimum Gasteiger partial charge on any atom is -0.486 e. The fourth-order valence-corrected chi connectivity index (χ4v) is 4.91. The number of aromatic nitrogens is 2. The number of nitrogens with two attached hydrogens (primary N) is 1. The molecular formula is C28H31Cl2N7O3. The summed E-state index contributed by atoms with van der Waals surface area (Å²) in [5.41, 5.74) is 8.98. The number of halogens is 2. The molecule has 1 saturated heterocycles. The SMILES string of the molecule is C[C@@H](Oc1ccc(N)c(C(=N)c2cnc(N3CC(C)(C)C3)c(C#N)c2)c1)c1c(Cl)cncc1Cl.O=CNCCO. The number of hydrogen-bond acceptors (Lipinski definition) is 9. The first-order chi connectivity index (χ1) is 19.0. The number of pyridine rings is 2. The van der Waals surface area contributed by atoms with Gasteiger partial charge in [-0.3, -0.25) is 15.2 Å². The van der Waals surface area contributed by atoms with Crippen LogP contribution in [0.5, 0.6) is 5.75 Å². The van der Waals surface area contributed by atoms with Crippen LogP contribution >= 0.6 is 23.2 Å². The molecule has 0 aliphatic carbocycles. The zero-order valence-corrected chi connectivity index (χ0v) is 23.9. The fourth-order valence-electron chi connectivity index (χ4n) is 4.24. The van der Waals surface area contributed by atoms with Gasteiger partial charge in [-0.25, -0.2) is 4.98 Å². The van der Waals surface area contributed by atoms with Crippen molar-refractivity contribution in [1.29, 1.82) is 10.7 Å². The van der Waals surface area contributed by atoms with Crippen molar-refractivity contribution in [2.75, 3.05) is 36.9 Å². The summed E-state index contributed by atoms with van der Waals surface area (Å²) < 4.78 is 6.06. The molecule has 5 N–H and O–H groups in total. The topological polar surface area (TPSA) is 161 Å². The van der Waals surface area contributed by atoms with Crippen LogP contribution in [0.3, 0.4) is 0 Å². The molecule has 0 bridgehead atoms. The molecule has 12 heteroatoms. The second kappa shape index (κ2) is 13.4. The highest BCUT2D eigenvalue weighted by molar-refractivity contribution is 6.35. The van der Waals surface area contributed by atoms with Crippen LogP contribution in [-0.2, 0) is 4.79 Å². The van der Waals surface area contributed by atoms with Crippen LogP contribution in [0.4, 0.5) is 11.5 Å². The number of nitrogens with zero attached hydrogens (tertiary/aromatic N) is 4. The van der Waals surface area contributed by atoms with Crippen LogP contribution in [0, 0.1) is 22.2 Å². The van der Waals surface area contributed by atoms with E-state index in [1.807, 2.05) is 6.92 Å². The van der Waals surface area contributed by atoms with Crippen LogP contribution in [0.25, 0.3) is 0 Å². The lowest BCUT2D eigenvalue weighted by atomic mass is 9.84. The van der Waals surface area contributed by atoms with Gasteiger partial charge >= 0.3 is 0 Å². The van der Waals surface area contributed by atoms with Crippen molar-refractivity contribution >= 4 is 46.8 Å². The highest BCUT2D eigenvalue weighted by Crippen LogP contribution is 2.35. The largest absolute Gasteiger partial charge is 0.486 e. The van der Waals surface area contributed by atoms with E-state index in [1.165, 1.54) is 12.4 Å². The highest BCUT2D eigenvalue weighted by atomic mass is 35.5. The van der Waals surface area contributed by atoms with Gasteiger partial charge in [0.05, 0.1) is 27.9 Å². The molecule has 1 aliphatic heterocycles. The Hall–Kier alpha value is -3.91. The van der Waals surface area contributed by atoms with E-state index in [9.17, 15) is 10.1 Å². The number of carbonyl (C=O) groups excluding carboxylic acids is 1. The maximum Gasteiger partial charge on any atom is 0.207 e. The summed E-state index contributed by atoms with van der Waals surface area (Å²) in [7, 11) is 0. The van der Waals surface area contributed by atoms with Gasteiger partial charge in [-0.1, -0.05) is 37.0 Å². The molecular weight excluding hydrogens is 553 g/mol. The maximum atomic E-state index is 9.69. The van der Waals surface area contributed by atoms with Gasteiger partial charge in [0.2, 0.25) is 6.41 Å². The minimum atomic E-state index is -0.458. The Bertz CT molecular complexity index is 1400. The zero-order chi connectivity index (χ0) is 29.4. The van der Waals surface area contributed by atoms with Crippen molar-refractivity contribution in [2.45, 2.75) is 26.9 Å². The highest BCUT2D eigenvalue weighted by Gasteiger charge is 2.36. The van der Waals surface area contributed by atoms with Crippen LogP contribution < -0.4 is 20.7 Å². The van der Waals surface area contributed by atoms with E-state index < -0.39 is 6.10 Å². The standard InChI is InChI=1S/C25H24Cl2N6O.C3H7NO2/c1-14(22-19(26)10-31-11-20(22)27)34-17-4-5-21(29)18(7-17)23(30)16-6-15(8-28)24(32-9-16)33-12-25(2,3)13-33;5-2-1-4-3-6/h4-7,9-11,14,30H,12-13,29H2,1-3H3;3,5H,1-2H2,(H,4,6)/t14-;/m1./s1.